The maximum absolute atomic E-state index is 9.57. The van der Waals surface area contributed by atoms with Gasteiger partial charge in [0.15, 0.2) is 11.8 Å². The van der Waals surface area contributed by atoms with Gasteiger partial charge in [-0.3, -0.25) is 0 Å². The number of benzene rings is 2. The maximum atomic E-state index is 9.57. The Hall–Kier alpha value is -2.77. The van der Waals surface area contributed by atoms with Crippen LogP contribution in [0, 0.1) is 11.3 Å². The van der Waals surface area contributed by atoms with E-state index in [9.17, 15) is 5.26 Å². The van der Waals surface area contributed by atoms with Gasteiger partial charge >= 0.3 is 0 Å². The number of aromatic nitrogens is 1. The number of nitrogens with zero attached hydrogens (tertiary/aromatic N) is 1. The zero-order chi connectivity index (χ0) is 16.6. The third kappa shape index (κ3) is 4.15. The first-order chi connectivity index (χ1) is 11.9. The largest absolute Gasteiger partial charge is 0.379 e. The fraction of sp³-hybridized carbons (Fsp3) is 0.100. The molecule has 24 heavy (non-hydrogen) atoms. The molecule has 0 aliphatic carbocycles. The lowest BCUT2D eigenvalue weighted by Gasteiger charge is -2.08. The minimum absolute atomic E-state index is 0.661. The Morgan fingerprint density at radius 3 is 2.25 bits per heavy atom. The van der Waals surface area contributed by atoms with Crippen molar-refractivity contribution in [3.63, 3.8) is 0 Å². The molecule has 3 aromatic rings. The van der Waals surface area contributed by atoms with E-state index in [0.29, 0.717) is 12.1 Å². The van der Waals surface area contributed by atoms with Gasteiger partial charge in [-0.05, 0) is 11.1 Å². The van der Waals surface area contributed by atoms with E-state index in [1.54, 1.807) is 11.8 Å². The van der Waals surface area contributed by atoms with Crippen LogP contribution in [0.3, 0.4) is 0 Å². The molecule has 1 heterocycles. The Morgan fingerprint density at radius 2 is 1.58 bits per heavy atom. The Morgan fingerprint density at radius 1 is 0.917 bits per heavy atom. The number of hydrogen-bond donors (Lipinski definition) is 1. The SMILES string of the molecule is N#Cc1c(NCc2ccccc2)cc[nH+]c1SCc1ccccc1. The van der Waals surface area contributed by atoms with Gasteiger partial charge in [0.2, 0.25) is 0 Å². The summed E-state index contributed by atoms with van der Waals surface area (Å²) in [7, 11) is 0. The standard InChI is InChI=1S/C20H17N3S/c21-13-18-19(23-14-16-7-3-1-4-8-16)11-12-22-20(18)24-15-17-9-5-2-6-10-17/h1-12H,14-15H2,(H,22,23)/p+1. The van der Waals surface area contributed by atoms with E-state index in [-0.39, 0.29) is 0 Å². The van der Waals surface area contributed by atoms with E-state index in [2.05, 4.69) is 40.6 Å². The van der Waals surface area contributed by atoms with Crippen LogP contribution >= 0.6 is 11.8 Å². The van der Waals surface area contributed by atoms with Gasteiger partial charge in [-0.1, -0.05) is 72.4 Å². The topological polar surface area (TPSA) is 50.0 Å². The van der Waals surface area contributed by atoms with Gasteiger partial charge in [-0.25, -0.2) is 4.98 Å². The summed E-state index contributed by atoms with van der Waals surface area (Å²) in [4.78, 5) is 3.20. The van der Waals surface area contributed by atoms with Crippen LogP contribution in [0.25, 0.3) is 0 Å². The molecule has 0 spiro atoms. The summed E-state index contributed by atoms with van der Waals surface area (Å²) in [5.74, 6) is 0.828. The van der Waals surface area contributed by atoms with Crippen LogP contribution in [0.4, 0.5) is 5.69 Å². The van der Waals surface area contributed by atoms with Crippen molar-refractivity contribution in [1.82, 2.24) is 0 Å². The lowest BCUT2D eigenvalue weighted by Crippen LogP contribution is -2.11. The summed E-state index contributed by atoms with van der Waals surface area (Å²) in [6.45, 7) is 0.697. The molecule has 118 valence electrons. The minimum atomic E-state index is 0.661. The second-order valence-electron chi connectivity index (χ2n) is 5.32. The first-order valence-corrected chi connectivity index (χ1v) is 8.74. The van der Waals surface area contributed by atoms with E-state index in [1.165, 1.54) is 11.1 Å². The molecule has 0 aliphatic rings. The van der Waals surface area contributed by atoms with E-state index >= 15 is 0 Å². The molecule has 2 N–H and O–H groups in total. The first kappa shape index (κ1) is 16.1. The molecular weight excluding hydrogens is 314 g/mol. The summed E-state index contributed by atoms with van der Waals surface area (Å²) in [6, 6.07) is 24.7. The molecule has 0 bridgehead atoms. The Bertz CT molecular complexity index is 765. The van der Waals surface area contributed by atoms with Crippen molar-refractivity contribution in [3.8, 4) is 6.07 Å². The van der Waals surface area contributed by atoms with Crippen molar-refractivity contribution in [3.05, 3.63) is 89.6 Å². The van der Waals surface area contributed by atoms with Crippen molar-refractivity contribution in [2.75, 3.05) is 5.32 Å². The summed E-state index contributed by atoms with van der Waals surface area (Å²) < 4.78 is 0. The van der Waals surface area contributed by atoms with E-state index in [4.69, 9.17) is 0 Å². The third-order valence-electron chi connectivity index (χ3n) is 3.62. The number of H-pyrrole nitrogens is 1. The highest BCUT2D eigenvalue weighted by Crippen LogP contribution is 2.26. The average Bonchev–Trinajstić information content (AvgIpc) is 2.66. The minimum Gasteiger partial charge on any atom is -0.379 e. The van der Waals surface area contributed by atoms with Gasteiger partial charge in [-0.15, -0.1) is 0 Å². The zero-order valence-electron chi connectivity index (χ0n) is 13.2. The van der Waals surface area contributed by atoms with Crippen LogP contribution < -0.4 is 10.3 Å². The molecule has 0 atom stereocenters. The van der Waals surface area contributed by atoms with Crippen LogP contribution in [0.1, 0.15) is 16.7 Å². The van der Waals surface area contributed by atoms with Crippen LogP contribution in [0.15, 0.2) is 78.0 Å². The molecule has 0 saturated heterocycles. The Kier molecular flexibility index (Phi) is 5.49. The molecule has 0 unspecified atom stereocenters. The summed E-state index contributed by atoms with van der Waals surface area (Å²) in [5, 5.41) is 13.8. The van der Waals surface area contributed by atoms with Crippen molar-refractivity contribution < 1.29 is 4.98 Å². The predicted molar refractivity (Wildman–Crippen MR) is 97.5 cm³/mol. The quantitative estimate of drug-likeness (QED) is 0.686. The van der Waals surface area contributed by atoms with Crippen LogP contribution in [0.2, 0.25) is 0 Å². The van der Waals surface area contributed by atoms with Crippen molar-refractivity contribution >= 4 is 17.4 Å². The molecule has 1 aromatic heterocycles. The van der Waals surface area contributed by atoms with Crippen molar-refractivity contribution in [2.45, 2.75) is 17.3 Å². The van der Waals surface area contributed by atoms with Crippen molar-refractivity contribution in [2.24, 2.45) is 0 Å². The molecule has 3 nitrogen and oxygen atoms in total. The highest BCUT2D eigenvalue weighted by Gasteiger charge is 2.15. The second-order valence-corrected chi connectivity index (χ2v) is 6.31. The second kappa shape index (κ2) is 8.19. The van der Waals surface area contributed by atoms with Gasteiger partial charge in [0.25, 0.3) is 5.03 Å². The normalized spacial score (nSPS) is 10.1. The maximum Gasteiger partial charge on any atom is 0.258 e. The number of aromatic amines is 1. The van der Waals surface area contributed by atoms with Gasteiger partial charge in [0.1, 0.15) is 6.07 Å². The molecule has 0 fully saturated rings. The number of pyridine rings is 1. The molecule has 0 amide bonds. The van der Waals surface area contributed by atoms with Gasteiger partial charge in [-0.2, -0.15) is 5.26 Å². The summed E-state index contributed by atoms with van der Waals surface area (Å²) >= 11 is 1.64. The molecule has 0 radical (unpaired) electrons. The Labute approximate surface area is 146 Å². The first-order valence-electron chi connectivity index (χ1n) is 7.76. The number of hydrogen-bond acceptors (Lipinski definition) is 3. The fourth-order valence-electron chi connectivity index (χ4n) is 2.37. The van der Waals surface area contributed by atoms with Gasteiger partial charge < -0.3 is 5.32 Å². The fourth-order valence-corrected chi connectivity index (χ4v) is 3.33. The third-order valence-corrected chi connectivity index (χ3v) is 4.71. The number of nitriles is 1. The predicted octanol–water partition coefficient (Wildman–Crippen LogP) is 4.28. The highest BCUT2D eigenvalue weighted by atomic mass is 32.2. The lowest BCUT2D eigenvalue weighted by atomic mass is 10.2. The van der Waals surface area contributed by atoms with Crippen molar-refractivity contribution in [1.29, 1.82) is 5.26 Å². The molecule has 0 aliphatic heterocycles. The number of anilines is 1. The number of thioether (sulfide) groups is 1. The highest BCUT2D eigenvalue weighted by molar-refractivity contribution is 7.98. The van der Waals surface area contributed by atoms with E-state index in [0.717, 1.165) is 16.5 Å². The average molecular weight is 332 g/mol. The molecule has 3 rings (SSSR count). The smallest absolute Gasteiger partial charge is 0.258 e. The molecule has 2 aromatic carbocycles. The number of rotatable bonds is 6. The Balaban J connectivity index is 1.72. The summed E-state index contributed by atoms with van der Waals surface area (Å²) in [5.41, 5.74) is 3.94. The van der Waals surface area contributed by atoms with Gasteiger partial charge in [0.05, 0.1) is 5.69 Å². The molecule has 0 saturated carbocycles. The van der Waals surface area contributed by atoms with Gasteiger partial charge in [0, 0.05) is 18.4 Å². The number of nitrogens with one attached hydrogen (secondary N) is 2. The van der Waals surface area contributed by atoms with Crippen LogP contribution in [-0.2, 0) is 12.3 Å². The lowest BCUT2D eigenvalue weighted by molar-refractivity contribution is -0.426. The molecular formula is C20H18N3S+. The zero-order valence-corrected chi connectivity index (χ0v) is 14.0. The van der Waals surface area contributed by atoms with Crippen LogP contribution in [0.5, 0.6) is 0 Å². The van der Waals surface area contributed by atoms with E-state index in [1.807, 2.05) is 48.7 Å². The molecule has 4 heteroatoms. The van der Waals surface area contributed by atoms with Crippen LogP contribution in [-0.4, -0.2) is 0 Å². The monoisotopic (exact) mass is 332 g/mol. The van der Waals surface area contributed by atoms with E-state index < -0.39 is 0 Å². The summed E-state index contributed by atoms with van der Waals surface area (Å²) in [6.07, 6.45) is 1.88.